The molecule has 0 saturated heterocycles. The van der Waals surface area contributed by atoms with E-state index in [1.807, 2.05) is 0 Å². The van der Waals surface area contributed by atoms with Crippen LogP contribution in [0.4, 0.5) is 9.18 Å². The minimum Gasteiger partial charge on any atom is -0.455 e. The van der Waals surface area contributed by atoms with Crippen molar-refractivity contribution >= 4 is 23.0 Å². The van der Waals surface area contributed by atoms with E-state index in [0.29, 0.717) is 5.56 Å². The summed E-state index contributed by atoms with van der Waals surface area (Å²) >= 11 is 0. The van der Waals surface area contributed by atoms with Crippen molar-refractivity contribution in [2.24, 2.45) is 5.73 Å². The van der Waals surface area contributed by atoms with Crippen molar-refractivity contribution < 1.29 is 23.1 Å². The minimum atomic E-state index is -1.25. The fourth-order valence-electron chi connectivity index (χ4n) is 2.12. The highest BCUT2D eigenvalue weighted by Crippen LogP contribution is 2.34. The number of hydrogen-bond acceptors (Lipinski definition) is 5. The molecule has 0 radical (unpaired) electrons. The van der Waals surface area contributed by atoms with Gasteiger partial charge in [0.05, 0.1) is 0 Å². The minimum absolute atomic E-state index is 0.0699. The van der Waals surface area contributed by atoms with E-state index in [4.69, 9.17) is 10.2 Å². The van der Waals surface area contributed by atoms with Crippen molar-refractivity contribution in [1.82, 2.24) is 4.98 Å². The molecule has 0 bridgehead atoms. The molecule has 0 unspecified atom stereocenters. The van der Waals surface area contributed by atoms with Gasteiger partial charge in [-0.2, -0.15) is 0 Å². The number of halogens is 1. The van der Waals surface area contributed by atoms with Crippen LogP contribution >= 0.6 is 0 Å². The molecule has 3 rings (SSSR count). The first kappa shape index (κ1) is 13.7. The van der Waals surface area contributed by atoms with Crippen LogP contribution in [-0.2, 0) is 4.74 Å². The molecule has 3 aromatic rings. The largest absolute Gasteiger partial charge is 0.455 e. The molecule has 1 aromatic carbocycles. The lowest BCUT2D eigenvalue weighted by Gasteiger charge is -2.01. The number of carbonyl (C=O) groups is 2. The molecule has 0 aliphatic heterocycles. The van der Waals surface area contributed by atoms with Gasteiger partial charge in [-0.15, -0.1) is 0 Å². The third kappa shape index (κ3) is 2.39. The summed E-state index contributed by atoms with van der Waals surface area (Å²) in [7, 11) is 0. The number of carbonyl (C=O) groups excluding carboxylic acids is 2. The predicted octanol–water partition coefficient (Wildman–Crippen LogP) is 2.87. The van der Waals surface area contributed by atoms with Gasteiger partial charge >= 0.3 is 12.1 Å². The van der Waals surface area contributed by atoms with Gasteiger partial charge < -0.3 is 14.9 Å². The maximum atomic E-state index is 13.5. The van der Waals surface area contributed by atoms with E-state index < -0.39 is 17.9 Å². The van der Waals surface area contributed by atoms with E-state index in [1.165, 1.54) is 24.5 Å². The Labute approximate surface area is 123 Å². The number of amides is 1. The Morgan fingerprint density at radius 1 is 1.18 bits per heavy atom. The molecule has 110 valence electrons. The number of nitrogens with two attached hydrogens (primary N) is 1. The quantitative estimate of drug-likeness (QED) is 0.580. The molecule has 2 N–H and O–H groups in total. The second kappa shape index (κ2) is 5.28. The Hall–Kier alpha value is -3.22. The first-order chi connectivity index (χ1) is 10.6. The van der Waals surface area contributed by atoms with Crippen LogP contribution in [0.2, 0.25) is 0 Å². The fraction of sp³-hybridized carbons (Fsp3) is 0. The molecule has 0 aliphatic rings. The van der Waals surface area contributed by atoms with Gasteiger partial charge in [0.2, 0.25) is 0 Å². The van der Waals surface area contributed by atoms with Crippen LogP contribution < -0.4 is 5.73 Å². The maximum Gasteiger partial charge on any atom is 0.412 e. The number of benzene rings is 1. The van der Waals surface area contributed by atoms with Gasteiger partial charge in [-0.05, 0) is 30.3 Å². The average molecular weight is 300 g/mol. The maximum absolute atomic E-state index is 13.5. The van der Waals surface area contributed by atoms with Crippen LogP contribution in [0.3, 0.4) is 0 Å². The van der Waals surface area contributed by atoms with Crippen LogP contribution in [0.25, 0.3) is 22.3 Å². The Morgan fingerprint density at radius 2 is 1.91 bits per heavy atom. The molecular formula is C15H9FN2O4. The lowest BCUT2D eigenvalue weighted by atomic mass is 10.1. The molecule has 0 saturated carbocycles. The van der Waals surface area contributed by atoms with Crippen molar-refractivity contribution in [3.8, 4) is 11.3 Å². The normalized spacial score (nSPS) is 10.6. The Bertz CT molecular complexity index is 874. The van der Waals surface area contributed by atoms with E-state index in [0.717, 1.165) is 6.07 Å². The monoisotopic (exact) mass is 300 g/mol. The number of aromatic nitrogens is 1. The number of furan rings is 1. The molecule has 0 spiro atoms. The number of esters is 1. The highest BCUT2D eigenvalue weighted by Gasteiger charge is 2.25. The van der Waals surface area contributed by atoms with Gasteiger partial charge in [0, 0.05) is 23.3 Å². The summed E-state index contributed by atoms with van der Waals surface area (Å²) in [5.41, 5.74) is 5.61. The third-order valence-electron chi connectivity index (χ3n) is 2.99. The summed E-state index contributed by atoms with van der Waals surface area (Å²) < 4.78 is 23.5. The first-order valence-electron chi connectivity index (χ1n) is 6.20. The van der Waals surface area contributed by atoms with Crippen LogP contribution in [0.15, 0.2) is 47.1 Å². The number of fused-ring (bicyclic) bond motifs is 1. The van der Waals surface area contributed by atoms with Gasteiger partial charge in [-0.1, -0.05) is 0 Å². The predicted molar refractivity (Wildman–Crippen MR) is 74.4 cm³/mol. The molecule has 0 fully saturated rings. The average Bonchev–Trinajstić information content (AvgIpc) is 2.86. The molecular weight excluding hydrogens is 291 g/mol. The topological polar surface area (TPSA) is 95.4 Å². The highest BCUT2D eigenvalue weighted by atomic mass is 19.1. The third-order valence-corrected chi connectivity index (χ3v) is 2.99. The van der Waals surface area contributed by atoms with E-state index >= 15 is 0 Å². The van der Waals surface area contributed by atoms with E-state index in [2.05, 4.69) is 9.72 Å². The number of primary amides is 1. The van der Waals surface area contributed by atoms with Gasteiger partial charge in [-0.3, -0.25) is 4.98 Å². The second-order valence-electron chi connectivity index (χ2n) is 4.39. The number of nitrogens with zero attached hydrogens (tertiary/aromatic N) is 1. The molecule has 22 heavy (non-hydrogen) atoms. The van der Waals surface area contributed by atoms with Gasteiger partial charge in [0.15, 0.2) is 0 Å². The van der Waals surface area contributed by atoms with Crippen molar-refractivity contribution in [1.29, 1.82) is 0 Å². The Morgan fingerprint density at radius 3 is 2.59 bits per heavy atom. The summed E-state index contributed by atoms with van der Waals surface area (Å²) in [6, 6.07) is 6.92. The van der Waals surface area contributed by atoms with Gasteiger partial charge in [0.1, 0.15) is 22.7 Å². The Balaban J connectivity index is 2.27. The zero-order valence-electron chi connectivity index (χ0n) is 11.1. The highest BCUT2D eigenvalue weighted by molar-refractivity contribution is 6.11. The zero-order valence-corrected chi connectivity index (χ0v) is 11.1. The lowest BCUT2D eigenvalue weighted by molar-refractivity contribution is 0.0640. The van der Waals surface area contributed by atoms with Crippen molar-refractivity contribution in [2.45, 2.75) is 0 Å². The summed E-state index contributed by atoms with van der Waals surface area (Å²) in [5, 5.41) is 0.193. The summed E-state index contributed by atoms with van der Waals surface area (Å²) in [4.78, 5) is 26.8. The molecule has 0 atom stereocenters. The number of rotatable bonds is 2. The van der Waals surface area contributed by atoms with E-state index in [1.54, 1.807) is 12.1 Å². The summed E-state index contributed by atoms with van der Waals surface area (Å²) in [6.45, 7) is 0. The van der Waals surface area contributed by atoms with Crippen LogP contribution in [0.5, 0.6) is 0 Å². The van der Waals surface area contributed by atoms with Gasteiger partial charge in [0.25, 0.3) is 0 Å². The summed E-state index contributed by atoms with van der Waals surface area (Å²) in [6.07, 6.45) is 1.76. The first-order valence-corrected chi connectivity index (χ1v) is 6.20. The standard InChI is InChI=1S/C15H9FN2O4/c16-9-1-2-11-10(7-9)12(14(19)22-15(17)20)13(21-11)8-3-5-18-6-4-8/h1-7H,(H2,17,20). The van der Waals surface area contributed by atoms with Crippen LogP contribution in [0.1, 0.15) is 10.4 Å². The van der Waals surface area contributed by atoms with Crippen molar-refractivity contribution in [2.75, 3.05) is 0 Å². The number of hydrogen-bond donors (Lipinski definition) is 1. The van der Waals surface area contributed by atoms with Crippen LogP contribution in [0, 0.1) is 5.82 Å². The Kier molecular flexibility index (Phi) is 3.30. The van der Waals surface area contributed by atoms with Crippen molar-refractivity contribution in [3.63, 3.8) is 0 Å². The molecule has 2 aromatic heterocycles. The number of pyridine rings is 1. The molecule has 0 aliphatic carbocycles. The van der Waals surface area contributed by atoms with Crippen LogP contribution in [-0.4, -0.2) is 17.0 Å². The molecule has 1 amide bonds. The summed E-state index contributed by atoms with van der Waals surface area (Å²) in [5.74, 6) is -1.42. The fourth-order valence-corrected chi connectivity index (χ4v) is 2.12. The molecule has 7 heteroatoms. The lowest BCUT2D eigenvalue weighted by Crippen LogP contribution is -2.18. The SMILES string of the molecule is NC(=O)OC(=O)c1c(-c2ccncc2)oc2ccc(F)cc12. The van der Waals surface area contributed by atoms with E-state index in [-0.39, 0.29) is 22.3 Å². The molecule has 2 heterocycles. The van der Waals surface area contributed by atoms with Gasteiger partial charge in [-0.25, -0.2) is 14.0 Å². The smallest absolute Gasteiger partial charge is 0.412 e. The molecule has 6 nitrogen and oxygen atoms in total. The zero-order chi connectivity index (χ0) is 15.7. The van der Waals surface area contributed by atoms with Crippen molar-refractivity contribution in [3.05, 3.63) is 54.1 Å². The number of ether oxygens (including phenoxy) is 1. The second-order valence-corrected chi connectivity index (χ2v) is 4.39. The van der Waals surface area contributed by atoms with E-state index in [9.17, 15) is 14.0 Å².